The van der Waals surface area contributed by atoms with Crippen molar-refractivity contribution in [3.63, 3.8) is 0 Å². The normalized spacial score (nSPS) is 12.2. The Bertz CT molecular complexity index is 620. The lowest BCUT2D eigenvalue weighted by molar-refractivity contribution is 0.0695. The van der Waals surface area contributed by atoms with Crippen LogP contribution in [0.2, 0.25) is 0 Å². The lowest BCUT2D eigenvalue weighted by atomic mass is 9.84. The zero-order chi connectivity index (χ0) is 23.6. The smallest absolute Gasteiger partial charge is 0.335 e. The van der Waals surface area contributed by atoms with Crippen molar-refractivity contribution in [3.8, 4) is 0 Å². The second-order valence-corrected chi connectivity index (χ2v) is 10.0. The minimum Gasteiger partial charge on any atom is -0.478 e. The van der Waals surface area contributed by atoms with Gasteiger partial charge in [-0.3, -0.25) is 0 Å². The summed E-state index contributed by atoms with van der Waals surface area (Å²) < 4.78 is 0. The number of hydrogen-bond acceptors (Lipinski definition) is 1. The van der Waals surface area contributed by atoms with Gasteiger partial charge < -0.3 is 5.11 Å². The van der Waals surface area contributed by atoms with Crippen molar-refractivity contribution in [2.24, 2.45) is 5.92 Å². The van der Waals surface area contributed by atoms with Crippen molar-refractivity contribution < 1.29 is 9.90 Å². The topological polar surface area (TPSA) is 37.3 Å². The molecule has 2 nitrogen and oxygen atoms in total. The summed E-state index contributed by atoms with van der Waals surface area (Å²) in [6, 6.07) is 4.03. The molecule has 0 aliphatic rings. The predicted molar refractivity (Wildman–Crippen MR) is 140 cm³/mol. The first-order chi connectivity index (χ1) is 15.5. The third-order valence-electron chi connectivity index (χ3n) is 6.94. The molecule has 32 heavy (non-hydrogen) atoms. The molecule has 0 radical (unpaired) electrons. The Morgan fingerprint density at radius 3 is 1.84 bits per heavy atom. The Morgan fingerprint density at radius 2 is 1.25 bits per heavy atom. The monoisotopic (exact) mass is 444 g/mol. The summed E-state index contributed by atoms with van der Waals surface area (Å²) >= 11 is 0. The van der Waals surface area contributed by atoms with Gasteiger partial charge in [-0.2, -0.15) is 0 Å². The number of hydrogen-bond donors (Lipinski definition) is 1. The van der Waals surface area contributed by atoms with Gasteiger partial charge in [-0.25, -0.2) is 4.79 Å². The maximum absolute atomic E-state index is 12.1. The average molecular weight is 445 g/mol. The van der Waals surface area contributed by atoms with Gasteiger partial charge in [-0.1, -0.05) is 117 Å². The Morgan fingerprint density at radius 1 is 0.719 bits per heavy atom. The molecule has 1 aromatic carbocycles. The van der Waals surface area contributed by atoms with E-state index in [1.165, 1.54) is 101 Å². The summed E-state index contributed by atoms with van der Waals surface area (Å²) in [5.74, 6) is -0.133. The number of aryl methyl sites for hydroxylation is 1. The maximum Gasteiger partial charge on any atom is 0.335 e. The number of carboxylic acids is 1. The molecule has 1 unspecified atom stereocenters. The summed E-state index contributed by atoms with van der Waals surface area (Å²) in [5.41, 5.74) is 4.51. The summed E-state index contributed by atoms with van der Waals surface area (Å²) in [6.07, 6.45) is 22.2. The lowest BCUT2D eigenvalue weighted by Crippen LogP contribution is -2.12. The van der Waals surface area contributed by atoms with Crippen LogP contribution in [0.15, 0.2) is 12.1 Å². The minimum absolute atomic E-state index is 0.556. The molecule has 0 saturated carbocycles. The number of rotatable bonds is 20. The second kappa shape index (κ2) is 18.2. The van der Waals surface area contributed by atoms with E-state index < -0.39 is 5.97 Å². The van der Waals surface area contributed by atoms with Gasteiger partial charge in [-0.15, -0.1) is 0 Å². The molecule has 0 fully saturated rings. The van der Waals surface area contributed by atoms with E-state index in [-0.39, 0.29) is 0 Å². The first kappa shape index (κ1) is 28.7. The number of carboxylic acid groups (broad SMARTS) is 1. The molecule has 0 amide bonds. The molecule has 1 rings (SSSR count). The molecule has 2 heteroatoms. The first-order valence-electron chi connectivity index (χ1n) is 13.9. The quantitative estimate of drug-likeness (QED) is 0.203. The fourth-order valence-electron chi connectivity index (χ4n) is 4.91. The highest BCUT2D eigenvalue weighted by molar-refractivity contribution is 5.90. The number of unbranched alkanes of at least 4 members (excludes halogenated alkanes) is 11. The van der Waals surface area contributed by atoms with E-state index in [4.69, 9.17) is 0 Å². The van der Waals surface area contributed by atoms with E-state index >= 15 is 0 Å². The van der Waals surface area contributed by atoms with Crippen molar-refractivity contribution >= 4 is 5.97 Å². The maximum atomic E-state index is 12.1. The highest BCUT2D eigenvalue weighted by atomic mass is 16.4. The van der Waals surface area contributed by atoms with Gasteiger partial charge in [0, 0.05) is 0 Å². The van der Waals surface area contributed by atoms with Crippen LogP contribution in [0.5, 0.6) is 0 Å². The van der Waals surface area contributed by atoms with Crippen LogP contribution in [0.4, 0.5) is 0 Å². The first-order valence-corrected chi connectivity index (χ1v) is 13.9. The van der Waals surface area contributed by atoms with Crippen LogP contribution in [-0.4, -0.2) is 11.1 Å². The summed E-state index contributed by atoms with van der Waals surface area (Å²) in [4.78, 5) is 12.1. The van der Waals surface area contributed by atoms with Gasteiger partial charge in [-0.05, 0) is 60.8 Å². The molecular formula is C30H52O2. The van der Waals surface area contributed by atoms with Crippen LogP contribution in [0.25, 0.3) is 0 Å². The molecule has 0 heterocycles. The number of aromatic carboxylic acids is 1. The SMILES string of the molecule is CCCCCCCCC(C)Cc1c(CCCCCC)ccc(C(=O)O)c1CCCCCC. The molecule has 0 bridgehead atoms. The van der Waals surface area contributed by atoms with Crippen LogP contribution in [0.3, 0.4) is 0 Å². The Kier molecular flexibility index (Phi) is 16.3. The number of benzene rings is 1. The highest BCUT2D eigenvalue weighted by Crippen LogP contribution is 2.28. The Balaban J connectivity index is 2.95. The van der Waals surface area contributed by atoms with Gasteiger partial charge in [0.15, 0.2) is 0 Å². The minimum atomic E-state index is -0.752. The van der Waals surface area contributed by atoms with E-state index in [1.54, 1.807) is 0 Å². The van der Waals surface area contributed by atoms with Gasteiger partial charge in [0.1, 0.15) is 0 Å². The summed E-state index contributed by atoms with van der Waals surface area (Å²) in [5, 5.41) is 9.91. The number of carbonyl (C=O) groups is 1. The molecule has 1 N–H and O–H groups in total. The van der Waals surface area contributed by atoms with Crippen LogP contribution in [0.1, 0.15) is 151 Å². The largest absolute Gasteiger partial charge is 0.478 e. The van der Waals surface area contributed by atoms with Crippen molar-refractivity contribution in [2.75, 3.05) is 0 Å². The third-order valence-corrected chi connectivity index (χ3v) is 6.94. The fourth-order valence-corrected chi connectivity index (χ4v) is 4.91. The Hall–Kier alpha value is -1.31. The van der Waals surface area contributed by atoms with Gasteiger partial charge in [0.05, 0.1) is 5.56 Å². The van der Waals surface area contributed by atoms with E-state index in [0.717, 1.165) is 31.2 Å². The van der Waals surface area contributed by atoms with Crippen LogP contribution >= 0.6 is 0 Å². The molecule has 0 aromatic heterocycles. The van der Waals surface area contributed by atoms with Crippen molar-refractivity contribution in [1.29, 1.82) is 0 Å². The van der Waals surface area contributed by atoms with Gasteiger partial charge >= 0.3 is 5.97 Å². The molecule has 184 valence electrons. The highest BCUT2D eigenvalue weighted by Gasteiger charge is 2.19. The summed E-state index contributed by atoms with van der Waals surface area (Å²) in [7, 11) is 0. The van der Waals surface area contributed by atoms with Crippen LogP contribution in [0, 0.1) is 5.92 Å². The Labute approximate surface area is 199 Å². The van der Waals surface area contributed by atoms with Crippen molar-refractivity contribution in [3.05, 3.63) is 34.4 Å². The lowest BCUT2D eigenvalue weighted by Gasteiger charge is -2.21. The molecule has 0 aliphatic carbocycles. The van der Waals surface area contributed by atoms with Crippen LogP contribution < -0.4 is 0 Å². The van der Waals surface area contributed by atoms with Crippen molar-refractivity contribution in [2.45, 2.75) is 143 Å². The molecule has 0 aliphatic heterocycles. The van der Waals surface area contributed by atoms with Crippen LogP contribution in [-0.2, 0) is 19.3 Å². The molecule has 1 atom stereocenters. The van der Waals surface area contributed by atoms with E-state index in [1.807, 2.05) is 6.07 Å². The molecule has 0 spiro atoms. The van der Waals surface area contributed by atoms with E-state index in [9.17, 15) is 9.90 Å². The zero-order valence-electron chi connectivity index (χ0n) is 21.8. The second-order valence-electron chi connectivity index (χ2n) is 10.0. The van der Waals surface area contributed by atoms with Gasteiger partial charge in [0.2, 0.25) is 0 Å². The van der Waals surface area contributed by atoms with Gasteiger partial charge in [0.25, 0.3) is 0 Å². The van der Waals surface area contributed by atoms with E-state index in [0.29, 0.717) is 11.5 Å². The summed E-state index contributed by atoms with van der Waals surface area (Å²) in [6.45, 7) is 9.13. The van der Waals surface area contributed by atoms with Crippen molar-refractivity contribution in [1.82, 2.24) is 0 Å². The average Bonchev–Trinajstić information content (AvgIpc) is 2.77. The standard InChI is InChI=1S/C30H52O2/c1-5-8-11-14-15-16-19-25(4)24-29-26(20-17-12-9-6-2)22-23-28(30(31)32)27(29)21-18-13-10-7-3/h22-23,25H,5-21,24H2,1-4H3,(H,31,32). The molecule has 1 aromatic rings. The third kappa shape index (κ3) is 11.5. The zero-order valence-corrected chi connectivity index (χ0v) is 21.8. The predicted octanol–water partition coefficient (Wildman–Crippen LogP) is 9.56. The molecular weight excluding hydrogens is 392 g/mol. The van der Waals surface area contributed by atoms with E-state index in [2.05, 4.69) is 33.8 Å². The fraction of sp³-hybridized carbons (Fsp3) is 0.767. The molecule has 0 saturated heterocycles.